The van der Waals surface area contributed by atoms with Crippen molar-refractivity contribution in [3.05, 3.63) is 29.8 Å². The largest absolute Gasteiger partial charge is 0.486 e. The molecule has 1 aromatic carbocycles. The molecule has 1 N–H and O–H groups in total. The van der Waals surface area contributed by atoms with E-state index in [0.29, 0.717) is 11.3 Å². The van der Waals surface area contributed by atoms with Crippen LogP contribution in [0.2, 0.25) is 0 Å². The molecular formula is C17H27NO. The number of hydrogen-bond acceptors (Lipinski definition) is 2. The molecule has 2 rings (SSSR count). The van der Waals surface area contributed by atoms with Gasteiger partial charge in [0.2, 0.25) is 0 Å². The lowest BCUT2D eigenvalue weighted by Crippen LogP contribution is -2.42. The highest BCUT2D eigenvalue weighted by Crippen LogP contribution is 2.42. The van der Waals surface area contributed by atoms with Crippen LogP contribution in [0.1, 0.15) is 53.1 Å². The minimum absolute atomic E-state index is 0.179. The van der Waals surface area contributed by atoms with Gasteiger partial charge in [-0.25, -0.2) is 0 Å². The van der Waals surface area contributed by atoms with Crippen molar-refractivity contribution < 1.29 is 4.74 Å². The van der Waals surface area contributed by atoms with Crippen molar-refractivity contribution in [2.45, 2.75) is 53.2 Å². The Morgan fingerprint density at radius 2 is 1.89 bits per heavy atom. The molecular weight excluding hydrogens is 234 g/mol. The van der Waals surface area contributed by atoms with E-state index in [9.17, 15) is 0 Å². The number of ether oxygens (including phenoxy) is 1. The van der Waals surface area contributed by atoms with Crippen molar-refractivity contribution in [1.29, 1.82) is 0 Å². The molecule has 0 aliphatic carbocycles. The molecule has 0 spiro atoms. The lowest BCUT2D eigenvalue weighted by molar-refractivity contribution is 0.0909. The number of rotatable bonds is 3. The molecule has 2 nitrogen and oxygen atoms in total. The third-order valence-corrected chi connectivity index (χ3v) is 4.40. The summed E-state index contributed by atoms with van der Waals surface area (Å²) in [6, 6.07) is 8.63. The van der Waals surface area contributed by atoms with Gasteiger partial charge in [-0.05, 0) is 37.8 Å². The zero-order chi connectivity index (χ0) is 14.3. The van der Waals surface area contributed by atoms with Gasteiger partial charge in [-0.1, -0.05) is 45.9 Å². The third-order valence-electron chi connectivity index (χ3n) is 4.40. The summed E-state index contributed by atoms with van der Waals surface area (Å²) in [5, 5.41) is 3.71. The van der Waals surface area contributed by atoms with Crippen molar-refractivity contribution >= 4 is 0 Å². The van der Waals surface area contributed by atoms with Gasteiger partial charge in [0.25, 0.3) is 0 Å². The first-order valence-electron chi connectivity index (χ1n) is 7.23. The SMILES string of the molecule is CC(CNC1c2ccccc2OC1(C)C)C(C)(C)C. The molecule has 2 heteroatoms. The summed E-state index contributed by atoms with van der Waals surface area (Å²) in [7, 11) is 0. The second-order valence-electron chi connectivity index (χ2n) is 7.35. The Morgan fingerprint density at radius 3 is 2.53 bits per heavy atom. The maximum atomic E-state index is 6.06. The smallest absolute Gasteiger partial charge is 0.125 e. The van der Waals surface area contributed by atoms with Gasteiger partial charge < -0.3 is 10.1 Å². The van der Waals surface area contributed by atoms with Gasteiger partial charge >= 0.3 is 0 Å². The fraction of sp³-hybridized carbons (Fsp3) is 0.647. The normalized spacial score (nSPS) is 22.7. The van der Waals surface area contributed by atoms with E-state index in [1.54, 1.807) is 0 Å². The molecule has 1 aliphatic heterocycles. The molecule has 1 aliphatic rings. The summed E-state index contributed by atoms with van der Waals surface area (Å²) in [6.45, 7) is 14.5. The molecule has 0 bridgehead atoms. The molecule has 0 radical (unpaired) electrons. The zero-order valence-electron chi connectivity index (χ0n) is 13.1. The first-order chi connectivity index (χ1) is 8.72. The lowest BCUT2D eigenvalue weighted by Gasteiger charge is -2.32. The Morgan fingerprint density at radius 1 is 1.26 bits per heavy atom. The van der Waals surface area contributed by atoms with Crippen molar-refractivity contribution in [2.24, 2.45) is 11.3 Å². The maximum absolute atomic E-state index is 6.06. The number of para-hydroxylation sites is 1. The van der Waals surface area contributed by atoms with Crippen LogP contribution in [-0.2, 0) is 0 Å². The molecule has 106 valence electrons. The van der Waals surface area contributed by atoms with Crippen LogP contribution in [0.5, 0.6) is 5.75 Å². The summed E-state index contributed by atoms with van der Waals surface area (Å²) >= 11 is 0. The van der Waals surface area contributed by atoms with Gasteiger partial charge in [-0.2, -0.15) is 0 Å². The summed E-state index contributed by atoms with van der Waals surface area (Å²) < 4.78 is 6.06. The first kappa shape index (κ1) is 14.4. The van der Waals surface area contributed by atoms with Crippen LogP contribution in [0.3, 0.4) is 0 Å². The van der Waals surface area contributed by atoms with Crippen LogP contribution in [0.25, 0.3) is 0 Å². The van der Waals surface area contributed by atoms with E-state index >= 15 is 0 Å². The molecule has 0 saturated heterocycles. The fourth-order valence-electron chi connectivity index (χ4n) is 2.49. The molecule has 0 fully saturated rings. The molecule has 0 amide bonds. The Balaban J connectivity index is 2.11. The maximum Gasteiger partial charge on any atom is 0.125 e. The average molecular weight is 261 g/mol. The van der Waals surface area contributed by atoms with Gasteiger partial charge in [-0.15, -0.1) is 0 Å². The predicted molar refractivity (Wildman–Crippen MR) is 80.5 cm³/mol. The predicted octanol–water partition coefficient (Wildman–Crippen LogP) is 4.17. The average Bonchev–Trinajstić information content (AvgIpc) is 2.54. The molecule has 0 saturated carbocycles. The van der Waals surface area contributed by atoms with E-state index in [-0.39, 0.29) is 11.6 Å². The summed E-state index contributed by atoms with van der Waals surface area (Å²) in [5.74, 6) is 1.64. The van der Waals surface area contributed by atoms with E-state index in [1.165, 1.54) is 5.56 Å². The van der Waals surface area contributed by atoms with Gasteiger partial charge in [0.05, 0.1) is 6.04 Å². The zero-order valence-corrected chi connectivity index (χ0v) is 13.1. The Hall–Kier alpha value is -1.02. The Kier molecular flexibility index (Phi) is 3.65. The highest BCUT2D eigenvalue weighted by Gasteiger charge is 2.40. The Bertz CT molecular complexity index is 445. The molecule has 1 heterocycles. The van der Waals surface area contributed by atoms with Crippen LogP contribution in [0.4, 0.5) is 0 Å². The van der Waals surface area contributed by atoms with Crippen LogP contribution < -0.4 is 10.1 Å². The lowest BCUT2D eigenvalue weighted by atomic mass is 9.81. The minimum Gasteiger partial charge on any atom is -0.486 e. The van der Waals surface area contributed by atoms with Crippen LogP contribution >= 0.6 is 0 Å². The van der Waals surface area contributed by atoms with E-state index in [4.69, 9.17) is 4.74 Å². The third kappa shape index (κ3) is 2.94. The quantitative estimate of drug-likeness (QED) is 0.881. The van der Waals surface area contributed by atoms with E-state index < -0.39 is 0 Å². The van der Waals surface area contributed by atoms with Crippen LogP contribution in [-0.4, -0.2) is 12.1 Å². The molecule has 19 heavy (non-hydrogen) atoms. The molecule has 2 unspecified atom stereocenters. The van der Waals surface area contributed by atoms with Crippen molar-refractivity contribution in [3.8, 4) is 5.75 Å². The number of benzene rings is 1. The van der Waals surface area contributed by atoms with E-state index in [2.05, 4.69) is 65.1 Å². The number of hydrogen-bond donors (Lipinski definition) is 1. The van der Waals surface area contributed by atoms with Crippen molar-refractivity contribution in [3.63, 3.8) is 0 Å². The highest BCUT2D eigenvalue weighted by molar-refractivity contribution is 5.42. The highest BCUT2D eigenvalue weighted by atomic mass is 16.5. The number of fused-ring (bicyclic) bond motifs is 1. The van der Waals surface area contributed by atoms with Crippen LogP contribution in [0, 0.1) is 11.3 Å². The fourth-order valence-corrected chi connectivity index (χ4v) is 2.49. The van der Waals surface area contributed by atoms with Crippen molar-refractivity contribution in [2.75, 3.05) is 6.54 Å². The second kappa shape index (κ2) is 4.82. The molecule has 2 atom stereocenters. The van der Waals surface area contributed by atoms with Crippen LogP contribution in [0.15, 0.2) is 24.3 Å². The van der Waals surface area contributed by atoms with Gasteiger partial charge in [-0.3, -0.25) is 0 Å². The summed E-state index contributed by atoms with van der Waals surface area (Å²) in [4.78, 5) is 0. The topological polar surface area (TPSA) is 21.3 Å². The first-order valence-corrected chi connectivity index (χ1v) is 7.23. The van der Waals surface area contributed by atoms with Gasteiger partial charge in [0.15, 0.2) is 0 Å². The molecule has 0 aromatic heterocycles. The second-order valence-corrected chi connectivity index (χ2v) is 7.35. The van der Waals surface area contributed by atoms with E-state index in [1.807, 2.05) is 6.07 Å². The standard InChI is InChI=1S/C17H27NO/c1-12(16(2,3)4)11-18-15-13-9-7-8-10-14(13)19-17(15,5)6/h7-10,12,15,18H,11H2,1-6H3. The van der Waals surface area contributed by atoms with E-state index in [0.717, 1.165) is 12.3 Å². The monoisotopic (exact) mass is 261 g/mol. The summed E-state index contributed by atoms with van der Waals surface area (Å²) in [6.07, 6.45) is 0. The Labute approximate surface area is 117 Å². The summed E-state index contributed by atoms with van der Waals surface area (Å²) in [5.41, 5.74) is 1.44. The van der Waals surface area contributed by atoms with Crippen molar-refractivity contribution in [1.82, 2.24) is 5.32 Å². The number of nitrogens with one attached hydrogen (secondary N) is 1. The van der Waals surface area contributed by atoms with Gasteiger partial charge in [0, 0.05) is 5.56 Å². The minimum atomic E-state index is -0.179. The van der Waals surface area contributed by atoms with Gasteiger partial charge in [0.1, 0.15) is 11.4 Å². The molecule has 1 aromatic rings.